The largest absolute Gasteiger partial charge is 0.743 e. The highest BCUT2D eigenvalue weighted by atomic mass is 32.2. The molecule has 0 fully saturated rings. The van der Waals surface area contributed by atoms with Gasteiger partial charge in [-0.1, -0.05) is 42.5 Å². The lowest BCUT2D eigenvalue weighted by Gasteiger charge is -2.29. The molecule has 6 nitrogen and oxygen atoms in total. The monoisotopic (exact) mass is 554 g/mol. The molecule has 0 aliphatic rings. The smallest absolute Gasteiger partial charge is 0.423 e. The van der Waals surface area contributed by atoms with Crippen LogP contribution in [0.3, 0.4) is 0 Å². The summed E-state index contributed by atoms with van der Waals surface area (Å²) in [5.74, 6) is 0. The SMILES string of the molecule is O=S(=O)(OC(C(F)(F)F)C(F)(F)S(=O)(=O)[O-])c1cccc([S+](c2ccccc2)c2ccccc2)c1. The van der Waals surface area contributed by atoms with Crippen molar-refractivity contribution in [2.75, 3.05) is 0 Å². The van der Waals surface area contributed by atoms with Crippen molar-refractivity contribution in [1.29, 1.82) is 0 Å². The van der Waals surface area contributed by atoms with E-state index in [4.69, 9.17) is 0 Å². The Kier molecular flexibility index (Phi) is 7.62. The van der Waals surface area contributed by atoms with Crippen LogP contribution in [0, 0.1) is 0 Å². The third-order valence-corrected chi connectivity index (χ3v) is 8.82. The second-order valence-corrected chi connectivity index (χ2v) is 11.9. The summed E-state index contributed by atoms with van der Waals surface area (Å²) < 4.78 is 128. The third-order valence-electron chi connectivity index (χ3n) is 4.45. The third kappa shape index (κ3) is 6.01. The van der Waals surface area contributed by atoms with Crippen molar-refractivity contribution in [2.24, 2.45) is 0 Å². The Balaban J connectivity index is 2.09. The summed E-state index contributed by atoms with van der Waals surface area (Å²) in [5.41, 5.74) is 0. The van der Waals surface area contributed by atoms with Gasteiger partial charge in [0.1, 0.15) is 0 Å². The van der Waals surface area contributed by atoms with Gasteiger partial charge in [0.2, 0.25) is 6.10 Å². The molecule has 35 heavy (non-hydrogen) atoms. The van der Waals surface area contributed by atoms with Crippen molar-refractivity contribution in [2.45, 2.75) is 37.1 Å². The standard InChI is InChI=1S/C21H15F5O6S3/c22-20(23,24)19(21(25,26)35(29,30)31)32-34(27,28)18-13-7-12-17(14-18)33(15-8-3-1-4-9-15)16-10-5-2-6-11-16/h1-14,19H. The summed E-state index contributed by atoms with van der Waals surface area (Å²) in [6, 6.07) is 21.7. The number of hydrogen-bond donors (Lipinski definition) is 0. The molecule has 0 saturated carbocycles. The maximum Gasteiger partial charge on any atom is 0.423 e. The van der Waals surface area contributed by atoms with Gasteiger partial charge in [0.25, 0.3) is 10.1 Å². The fourth-order valence-corrected chi connectivity index (χ4v) is 6.72. The summed E-state index contributed by atoms with van der Waals surface area (Å²) in [6.45, 7) is 0. The molecule has 0 aliphatic carbocycles. The van der Waals surface area contributed by atoms with E-state index in [1.165, 1.54) is 12.1 Å². The van der Waals surface area contributed by atoms with Crippen LogP contribution in [0.5, 0.6) is 0 Å². The van der Waals surface area contributed by atoms with Gasteiger partial charge in [0, 0.05) is 6.07 Å². The minimum Gasteiger partial charge on any atom is -0.743 e. The molecular weight excluding hydrogens is 539 g/mol. The second kappa shape index (κ2) is 9.85. The molecule has 1 unspecified atom stereocenters. The zero-order chi connectivity index (χ0) is 26.1. The normalized spacial score (nSPS) is 14.1. The average molecular weight is 555 g/mol. The van der Waals surface area contributed by atoms with Gasteiger partial charge in [-0.05, 0) is 36.4 Å². The molecule has 0 heterocycles. The first-order valence-corrected chi connectivity index (χ1v) is 13.5. The zero-order valence-electron chi connectivity index (χ0n) is 17.2. The Morgan fingerprint density at radius 2 is 1.17 bits per heavy atom. The van der Waals surface area contributed by atoms with Crippen LogP contribution in [0.25, 0.3) is 0 Å². The molecular formula is C21H15F5O6S3. The summed E-state index contributed by atoms with van der Waals surface area (Å²) in [5, 5.41) is -6.10. The molecule has 3 aromatic rings. The molecule has 0 amide bonds. The van der Waals surface area contributed by atoms with Crippen LogP contribution in [-0.2, 0) is 35.3 Å². The zero-order valence-corrected chi connectivity index (χ0v) is 19.7. The van der Waals surface area contributed by atoms with E-state index < -0.39 is 53.6 Å². The Morgan fingerprint density at radius 3 is 1.60 bits per heavy atom. The van der Waals surface area contributed by atoms with Crippen LogP contribution in [0.2, 0.25) is 0 Å². The molecule has 0 spiro atoms. The van der Waals surface area contributed by atoms with Crippen LogP contribution >= 0.6 is 0 Å². The average Bonchev–Trinajstić information content (AvgIpc) is 2.78. The predicted molar refractivity (Wildman–Crippen MR) is 114 cm³/mol. The van der Waals surface area contributed by atoms with E-state index in [1.54, 1.807) is 60.7 Å². The van der Waals surface area contributed by atoms with E-state index >= 15 is 0 Å². The molecule has 0 radical (unpaired) electrons. The van der Waals surface area contributed by atoms with Crippen molar-refractivity contribution in [3.05, 3.63) is 84.9 Å². The van der Waals surface area contributed by atoms with E-state index in [0.29, 0.717) is 14.7 Å². The summed E-state index contributed by atoms with van der Waals surface area (Å²) in [7, 11) is -13.5. The van der Waals surface area contributed by atoms with Crippen molar-refractivity contribution >= 4 is 31.1 Å². The van der Waals surface area contributed by atoms with Gasteiger partial charge < -0.3 is 4.55 Å². The minimum atomic E-state index is -6.92. The molecule has 0 aromatic heterocycles. The molecule has 3 aromatic carbocycles. The molecule has 188 valence electrons. The van der Waals surface area contributed by atoms with Crippen LogP contribution in [0.4, 0.5) is 22.0 Å². The summed E-state index contributed by atoms with van der Waals surface area (Å²) >= 11 is 0. The first-order chi connectivity index (χ1) is 16.1. The lowest BCUT2D eigenvalue weighted by Crippen LogP contribution is -2.52. The highest BCUT2D eigenvalue weighted by molar-refractivity contribution is 7.97. The highest BCUT2D eigenvalue weighted by Gasteiger charge is 2.63. The highest BCUT2D eigenvalue weighted by Crippen LogP contribution is 2.40. The van der Waals surface area contributed by atoms with Gasteiger partial charge in [-0.15, -0.1) is 0 Å². The van der Waals surface area contributed by atoms with Crippen molar-refractivity contribution < 1.29 is 47.5 Å². The van der Waals surface area contributed by atoms with E-state index in [2.05, 4.69) is 4.18 Å². The Morgan fingerprint density at radius 1 is 0.714 bits per heavy atom. The van der Waals surface area contributed by atoms with Crippen molar-refractivity contribution in [3.8, 4) is 0 Å². The fraction of sp³-hybridized carbons (Fsp3) is 0.143. The second-order valence-electron chi connectivity index (χ2n) is 6.90. The minimum absolute atomic E-state index is 0.291. The maximum absolute atomic E-state index is 13.8. The lowest BCUT2D eigenvalue weighted by molar-refractivity contribution is -0.238. The Bertz CT molecular complexity index is 1340. The van der Waals surface area contributed by atoms with Gasteiger partial charge in [-0.3, -0.25) is 0 Å². The number of alkyl halides is 5. The first-order valence-electron chi connectivity index (χ1n) is 9.42. The van der Waals surface area contributed by atoms with Gasteiger partial charge in [0.15, 0.2) is 24.8 Å². The van der Waals surface area contributed by atoms with Gasteiger partial charge in [-0.2, -0.15) is 30.4 Å². The van der Waals surface area contributed by atoms with Crippen LogP contribution in [-0.4, -0.2) is 38.9 Å². The molecule has 0 saturated heterocycles. The van der Waals surface area contributed by atoms with Crippen LogP contribution < -0.4 is 0 Å². The Hall–Kier alpha value is -2.52. The predicted octanol–water partition coefficient (Wildman–Crippen LogP) is 4.56. The van der Waals surface area contributed by atoms with Crippen LogP contribution in [0.1, 0.15) is 0 Å². The quantitative estimate of drug-likeness (QED) is 0.175. The molecule has 3 rings (SSSR count). The van der Waals surface area contributed by atoms with Gasteiger partial charge >= 0.3 is 11.4 Å². The summed E-state index contributed by atoms with van der Waals surface area (Å²) in [4.78, 5) is 0.782. The number of benzene rings is 3. The van der Waals surface area contributed by atoms with Crippen molar-refractivity contribution in [1.82, 2.24) is 0 Å². The number of rotatable bonds is 8. The number of halogens is 5. The molecule has 1 atom stereocenters. The van der Waals surface area contributed by atoms with Gasteiger partial charge in [0.05, 0.1) is 15.8 Å². The lowest BCUT2D eigenvalue weighted by atomic mass is 10.3. The number of hydrogen-bond acceptors (Lipinski definition) is 6. The topological polar surface area (TPSA) is 101 Å². The molecule has 0 bridgehead atoms. The molecule has 14 heteroatoms. The van der Waals surface area contributed by atoms with E-state index in [-0.39, 0.29) is 0 Å². The van der Waals surface area contributed by atoms with Crippen LogP contribution in [0.15, 0.2) is 105 Å². The first kappa shape index (κ1) is 27.1. The van der Waals surface area contributed by atoms with E-state index in [0.717, 1.165) is 12.1 Å². The van der Waals surface area contributed by atoms with E-state index in [1.807, 2.05) is 0 Å². The Labute approximate surface area is 200 Å². The van der Waals surface area contributed by atoms with Crippen molar-refractivity contribution in [3.63, 3.8) is 0 Å². The fourth-order valence-electron chi connectivity index (χ4n) is 2.89. The molecule has 0 aliphatic heterocycles. The molecule has 0 N–H and O–H groups in total. The van der Waals surface area contributed by atoms with Gasteiger partial charge in [-0.25, -0.2) is 12.6 Å². The summed E-state index contributed by atoms with van der Waals surface area (Å²) in [6.07, 6.45) is -10.9. The van der Waals surface area contributed by atoms with E-state index in [9.17, 15) is 43.3 Å². The maximum atomic E-state index is 13.8.